The fourth-order valence-corrected chi connectivity index (χ4v) is 3.26. The molecule has 28 heavy (non-hydrogen) atoms. The minimum atomic E-state index is -0.726. The fourth-order valence-electron chi connectivity index (χ4n) is 2.99. The number of urea groups is 1. The van der Waals surface area contributed by atoms with E-state index in [0.29, 0.717) is 46.6 Å². The van der Waals surface area contributed by atoms with Crippen molar-refractivity contribution < 1.29 is 23.8 Å². The number of benzene rings is 1. The fraction of sp³-hybridized carbons (Fsp3) is 0.500. The van der Waals surface area contributed by atoms with Crippen LogP contribution in [0.25, 0.3) is 0 Å². The van der Waals surface area contributed by atoms with Crippen LogP contribution in [0.15, 0.2) is 23.4 Å². The number of carbonyl (C=O) groups is 2. The molecule has 154 valence electrons. The number of amides is 2. The van der Waals surface area contributed by atoms with E-state index in [2.05, 4.69) is 10.6 Å². The minimum absolute atomic E-state index is 0.0864. The van der Waals surface area contributed by atoms with Crippen molar-refractivity contribution in [2.45, 2.75) is 40.2 Å². The van der Waals surface area contributed by atoms with Crippen LogP contribution in [0, 0.1) is 5.92 Å². The summed E-state index contributed by atoms with van der Waals surface area (Å²) in [5.74, 6) is 0.293. The molecule has 0 aliphatic carbocycles. The zero-order chi connectivity index (χ0) is 20.8. The molecule has 1 aliphatic heterocycles. The number of allylic oxidation sites excluding steroid dienone is 1. The highest BCUT2D eigenvalue weighted by Gasteiger charge is 2.35. The van der Waals surface area contributed by atoms with Gasteiger partial charge in [-0.25, -0.2) is 9.59 Å². The van der Waals surface area contributed by atoms with Crippen molar-refractivity contribution in [2.24, 2.45) is 5.92 Å². The lowest BCUT2D eigenvalue weighted by Gasteiger charge is -2.31. The maximum Gasteiger partial charge on any atom is 0.337 e. The molecule has 7 nitrogen and oxygen atoms in total. The van der Waals surface area contributed by atoms with Crippen LogP contribution < -0.4 is 20.1 Å². The summed E-state index contributed by atoms with van der Waals surface area (Å²) in [4.78, 5) is 24.7. The van der Waals surface area contributed by atoms with Crippen LogP contribution >= 0.6 is 11.6 Å². The van der Waals surface area contributed by atoms with Gasteiger partial charge in [0.1, 0.15) is 0 Å². The molecule has 8 heteroatoms. The molecule has 0 saturated heterocycles. The first-order valence-electron chi connectivity index (χ1n) is 9.32. The Morgan fingerprint density at radius 1 is 1.25 bits per heavy atom. The Morgan fingerprint density at radius 3 is 2.54 bits per heavy atom. The average Bonchev–Trinajstić information content (AvgIpc) is 2.66. The second kappa shape index (κ2) is 9.68. The summed E-state index contributed by atoms with van der Waals surface area (Å²) in [5, 5.41) is 5.84. The second-order valence-electron chi connectivity index (χ2n) is 6.62. The lowest BCUT2D eigenvalue weighted by molar-refractivity contribution is -0.136. The van der Waals surface area contributed by atoms with Crippen LogP contribution in [0.3, 0.4) is 0 Å². The predicted molar refractivity (Wildman–Crippen MR) is 107 cm³/mol. The Labute approximate surface area is 170 Å². The monoisotopic (exact) mass is 410 g/mol. The number of carbonyl (C=O) groups excluding carboxylic acids is 2. The van der Waals surface area contributed by atoms with Crippen molar-refractivity contribution in [1.82, 2.24) is 10.6 Å². The Bertz CT molecular complexity index is 776. The molecule has 1 atom stereocenters. The van der Waals surface area contributed by atoms with E-state index in [0.717, 1.165) is 6.42 Å². The highest BCUT2D eigenvalue weighted by molar-refractivity contribution is 6.32. The zero-order valence-corrected chi connectivity index (χ0v) is 17.6. The van der Waals surface area contributed by atoms with Crippen LogP contribution in [0.1, 0.15) is 45.7 Å². The largest absolute Gasteiger partial charge is 0.490 e. The van der Waals surface area contributed by atoms with Gasteiger partial charge in [0, 0.05) is 5.70 Å². The van der Waals surface area contributed by atoms with Gasteiger partial charge in [0.2, 0.25) is 0 Å². The topological polar surface area (TPSA) is 85.9 Å². The summed E-state index contributed by atoms with van der Waals surface area (Å²) in [7, 11) is 1.31. The third-order valence-corrected chi connectivity index (χ3v) is 4.48. The van der Waals surface area contributed by atoms with Crippen LogP contribution in [-0.2, 0) is 9.53 Å². The number of hydrogen-bond acceptors (Lipinski definition) is 5. The normalized spacial score (nSPS) is 16.5. The number of rotatable bonds is 8. The molecule has 2 N–H and O–H groups in total. The van der Waals surface area contributed by atoms with Crippen molar-refractivity contribution in [2.75, 3.05) is 20.3 Å². The number of hydrogen-bond donors (Lipinski definition) is 2. The molecule has 0 spiro atoms. The SMILES string of the molecule is CCCOc1c(Cl)cc(C2NC(=O)NC(C(C)C)=C2C(=O)OC)cc1OCC. The van der Waals surface area contributed by atoms with Crippen LogP contribution in [0.5, 0.6) is 11.5 Å². The number of methoxy groups -OCH3 is 1. The van der Waals surface area contributed by atoms with E-state index in [4.69, 9.17) is 25.8 Å². The highest BCUT2D eigenvalue weighted by Crippen LogP contribution is 2.41. The molecule has 2 amide bonds. The lowest BCUT2D eigenvalue weighted by atomic mass is 9.91. The average molecular weight is 411 g/mol. The zero-order valence-electron chi connectivity index (χ0n) is 16.8. The Morgan fingerprint density at radius 2 is 1.96 bits per heavy atom. The minimum Gasteiger partial charge on any atom is -0.490 e. The molecule has 1 aromatic rings. The van der Waals surface area contributed by atoms with Gasteiger partial charge in [-0.2, -0.15) is 0 Å². The van der Waals surface area contributed by atoms with Gasteiger partial charge in [-0.3, -0.25) is 0 Å². The van der Waals surface area contributed by atoms with Crippen molar-refractivity contribution >= 4 is 23.6 Å². The van der Waals surface area contributed by atoms with Crippen LogP contribution in [0.4, 0.5) is 4.79 Å². The summed E-state index contributed by atoms with van der Waals surface area (Å²) in [6, 6.07) is 2.28. The third kappa shape index (κ3) is 4.70. The maximum absolute atomic E-state index is 12.5. The van der Waals surface area contributed by atoms with Gasteiger partial charge in [0.05, 0.1) is 37.0 Å². The van der Waals surface area contributed by atoms with Gasteiger partial charge < -0.3 is 24.8 Å². The van der Waals surface area contributed by atoms with Crippen molar-refractivity contribution in [1.29, 1.82) is 0 Å². The molecule has 1 aromatic carbocycles. The Hall–Kier alpha value is -2.41. The summed E-state index contributed by atoms with van der Waals surface area (Å²) in [6.45, 7) is 8.54. The number of halogens is 1. The number of esters is 1. The van der Waals surface area contributed by atoms with Crippen molar-refractivity contribution in [3.8, 4) is 11.5 Å². The van der Waals surface area contributed by atoms with Crippen LogP contribution in [-0.4, -0.2) is 32.3 Å². The van der Waals surface area contributed by atoms with Gasteiger partial charge in [-0.1, -0.05) is 32.4 Å². The summed E-state index contributed by atoms with van der Waals surface area (Å²) in [5.41, 5.74) is 1.45. The highest BCUT2D eigenvalue weighted by atomic mass is 35.5. The molecular weight excluding hydrogens is 384 g/mol. The maximum atomic E-state index is 12.5. The van der Waals surface area contributed by atoms with Gasteiger partial charge in [0.15, 0.2) is 11.5 Å². The summed E-state index contributed by atoms with van der Waals surface area (Å²) in [6.07, 6.45) is 0.820. The standard InChI is InChI=1S/C20H27ClN2O5/c1-6-8-28-18-13(21)9-12(10-14(18)27-7-2)17-15(19(24)26-5)16(11(3)4)22-20(25)23-17/h9-11,17H,6-8H2,1-5H3,(H2,22,23,25). The first-order chi connectivity index (χ1) is 13.3. The number of ether oxygens (including phenoxy) is 3. The van der Waals surface area contributed by atoms with Crippen LogP contribution in [0.2, 0.25) is 5.02 Å². The third-order valence-electron chi connectivity index (χ3n) is 4.20. The predicted octanol–water partition coefficient (Wildman–Crippen LogP) is 3.96. The molecule has 2 rings (SSSR count). The van der Waals surface area contributed by atoms with E-state index in [1.807, 2.05) is 27.7 Å². The molecule has 1 aliphatic rings. The smallest absolute Gasteiger partial charge is 0.337 e. The number of nitrogens with one attached hydrogen (secondary N) is 2. The molecule has 0 radical (unpaired) electrons. The molecule has 0 aromatic heterocycles. The van der Waals surface area contributed by atoms with Gasteiger partial charge >= 0.3 is 12.0 Å². The van der Waals surface area contributed by atoms with E-state index in [-0.39, 0.29) is 5.92 Å². The van der Waals surface area contributed by atoms with E-state index in [1.54, 1.807) is 12.1 Å². The molecule has 0 saturated carbocycles. The molecule has 1 unspecified atom stereocenters. The Balaban J connectivity index is 2.61. The molecular formula is C20H27ClN2O5. The van der Waals surface area contributed by atoms with Gasteiger partial charge in [-0.15, -0.1) is 0 Å². The van der Waals surface area contributed by atoms with E-state index in [9.17, 15) is 9.59 Å². The van der Waals surface area contributed by atoms with Crippen molar-refractivity contribution in [3.63, 3.8) is 0 Å². The molecule has 0 fully saturated rings. The summed E-state index contributed by atoms with van der Waals surface area (Å²) < 4.78 is 16.4. The quantitative estimate of drug-likeness (QED) is 0.633. The van der Waals surface area contributed by atoms with Crippen molar-refractivity contribution in [3.05, 3.63) is 34.0 Å². The Kier molecular flexibility index (Phi) is 7.57. The second-order valence-corrected chi connectivity index (χ2v) is 7.02. The van der Waals surface area contributed by atoms with E-state index < -0.39 is 18.0 Å². The summed E-state index contributed by atoms with van der Waals surface area (Å²) >= 11 is 6.46. The molecule has 0 bridgehead atoms. The first kappa shape index (κ1) is 21.9. The van der Waals surface area contributed by atoms with E-state index >= 15 is 0 Å². The van der Waals surface area contributed by atoms with Gasteiger partial charge in [0.25, 0.3) is 0 Å². The van der Waals surface area contributed by atoms with Gasteiger partial charge in [-0.05, 0) is 37.0 Å². The van der Waals surface area contributed by atoms with E-state index in [1.165, 1.54) is 7.11 Å². The lowest BCUT2D eigenvalue weighted by Crippen LogP contribution is -2.47. The molecule has 1 heterocycles. The first-order valence-corrected chi connectivity index (χ1v) is 9.70.